The molecule has 1 aliphatic rings. The zero-order valence-electron chi connectivity index (χ0n) is 14.3. The fraction of sp³-hybridized carbons (Fsp3) is 0.350. The average Bonchev–Trinajstić information content (AvgIpc) is 3.05. The molecule has 0 unspecified atom stereocenters. The number of nitrogens with one attached hydrogen (secondary N) is 2. The highest BCUT2D eigenvalue weighted by molar-refractivity contribution is 7.80. The highest BCUT2D eigenvalue weighted by Crippen LogP contribution is 2.39. The molecule has 2 N–H and O–H groups in total. The Kier molecular flexibility index (Phi) is 5.05. The molecule has 0 heterocycles. The van der Waals surface area contributed by atoms with Crippen LogP contribution in [0, 0.1) is 6.92 Å². The third kappa shape index (κ3) is 3.70. The van der Waals surface area contributed by atoms with Crippen LogP contribution in [0.2, 0.25) is 0 Å². The summed E-state index contributed by atoms with van der Waals surface area (Å²) in [5.41, 5.74) is 3.53. The van der Waals surface area contributed by atoms with E-state index in [0.29, 0.717) is 5.11 Å². The lowest BCUT2D eigenvalue weighted by molar-refractivity contribution is 0.408. The van der Waals surface area contributed by atoms with E-state index in [1.165, 1.54) is 24.0 Å². The summed E-state index contributed by atoms with van der Waals surface area (Å²) in [6.07, 6.45) is 4.68. The number of benzene rings is 2. The van der Waals surface area contributed by atoms with Gasteiger partial charge in [0.2, 0.25) is 0 Å². The fourth-order valence-electron chi connectivity index (χ4n) is 3.46. The number of thiocarbonyl (C=S) groups is 1. The third-order valence-corrected chi connectivity index (χ3v) is 4.93. The fourth-order valence-corrected chi connectivity index (χ4v) is 3.77. The van der Waals surface area contributed by atoms with Crippen LogP contribution in [-0.2, 0) is 5.54 Å². The van der Waals surface area contributed by atoms with Gasteiger partial charge in [0, 0.05) is 5.69 Å². The van der Waals surface area contributed by atoms with Gasteiger partial charge in [-0.15, -0.1) is 0 Å². The molecule has 0 saturated heterocycles. The Morgan fingerprint density at radius 1 is 1.08 bits per heavy atom. The Labute approximate surface area is 149 Å². The lowest BCUT2D eigenvalue weighted by atomic mass is 9.87. The number of anilines is 1. The minimum absolute atomic E-state index is 0.0530. The molecular formula is C20H24N2OS. The molecule has 126 valence electrons. The first kappa shape index (κ1) is 16.8. The zero-order valence-corrected chi connectivity index (χ0v) is 15.1. The zero-order chi connectivity index (χ0) is 17.0. The van der Waals surface area contributed by atoms with Crippen molar-refractivity contribution in [3.05, 3.63) is 59.7 Å². The number of methoxy groups -OCH3 is 1. The third-order valence-electron chi connectivity index (χ3n) is 4.73. The van der Waals surface area contributed by atoms with Crippen molar-refractivity contribution in [2.75, 3.05) is 12.4 Å². The molecule has 2 aromatic carbocycles. The summed E-state index contributed by atoms with van der Waals surface area (Å²) < 4.78 is 5.19. The summed E-state index contributed by atoms with van der Waals surface area (Å²) in [5, 5.41) is 7.57. The Bertz CT molecular complexity index is 706. The van der Waals surface area contributed by atoms with Crippen LogP contribution in [0.25, 0.3) is 0 Å². The molecule has 3 nitrogen and oxygen atoms in total. The van der Waals surface area contributed by atoms with E-state index in [0.717, 1.165) is 24.3 Å². The van der Waals surface area contributed by atoms with Gasteiger partial charge >= 0.3 is 0 Å². The van der Waals surface area contributed by atoms with Crippen LogP contribution in [0.1, 0.15) is 36.8 Å². The van der Waals surface area contributed by atoms with E-state index in [1.54, 1.807) is 7.11 Å². The first-order valence-electron chi connectivity index (χ1n) is 8.42. The average molecular weight is 340 g/mol. The molecule has 1 saturated carbocycles. The molecule has 0 bridgehead atoms. The molecule has 0 aliphatic heterocycles. The number of rotatable bonds is 4. The monoisotopic (exact) mass is 340 g/mol. The van der Waals surface area contributed by atoms with Gasteiger partial charge in [-0.2, -0.15) is 0 Å². The standard InChI is InChI=1S/C20H24N2OS/c1-15-6-5-7-16(14-15)20(12-3-4-13-20)22-19(24)21-17-8-10-18(23-2)11-9-17/h5-11,14H,3-4,12-13H2,1-2H3,(H2,21,22,24). The number of ether oxygens (including phenoxy) is 1. The molecule has 4 heteroatoms. The van der Waals surface area contributed by atoms with Crippen LogP contribution in [-0.4, -0.2) is 12.2 Å². The van der Waals surface area contributed by atoms with Crippen LogP contribution < -0.4 is 15.4 Å². The van der Waals surface area contributed by atoms with Crippen LogP contribution in [0.5, 0.6) is 5.75 Å². The van der Waals surface area contributed by atoms with Crippen molar-refractivity contribution in [3.8, 4) is 5.75 Å². The van der Waals surface area contributed by atoms with Gasteiger partial charge in [0.15, 0.2) is 5.11 Å². The molecule has 1 aliphatic carbocycles. The predicted molar refractivity (Wildman–Crippen MR) is 104 cm³/mol. The summed E-state index contributed by atoms with van der Waals surface area (Å²) in [6.45, 7) is 2.14. The second-order valence-electron chi connectivity index (χ2n) is 6.47. The van der Waals surface area contributed by atoms with Crippen molar-refractivity contribution in [2.45, 2.75) is 38.1 Å². The minimum Gasteiger partial charge on any atom is -0.497 e. The Balaban J connectivity index is 1.74. The second kappa shape index (κ2) is 7.22. The highest BCUT2D eigenvalue weighted by atomic mass is 32.1. The summed E-state index contributed by atoms with van der Waals surface area (Å²) in [7, 11) is 1.67. The van der Waals surface area contributed by atoms with Crippen molar-refractivity contribution in [3.63, 3.8) is 0 Å². The van der Waals surface area contributed by atoms with E-state index < -0.39 is 0 Å². The SMILES string of the molecule is COc1ccc(NC(=S)NC2(c3cccc(C)c3)CCCC2)cc1. The number of hydrogen-bond acceptors (Lipinski definition) is 2. The van der Waals surface area contributed by atoms with E-state index in [2.05, 4.69) is 41.8 Å². The van der Waals surface area contributed by atoms with Crippen LogP contribution in [0.15, 0.2) is 48.5 Å². The summed E-state index contributed by atoms with van der Waals surface area (Å²) >= 11 is 5.59. The van der Waals surface area contributed by atoms with Crippen LogP contribution in [0.3, 0.4) is 0 Å². The van der Waals surface area contributed by atoms with E-state index in [4.69, 9.17) is 17.0 Å². The van der Waals surface area contributed by atoms with Gasteiger partial charge in [-0.1, -0.05) is 42.7 Å². The van der Waals surface area contributed by atoms with Gasteiger partial charge in [-0.05, 0) is 61.8 Å². The normalized spacial score (nSPS) is 15.8. The molecule has 0 amide bonds. The largest absolute Gasteiger partial charge is 0.497 e. The lowest BCUT2D eigenvalue weighted by Gasteiger charge is -2.33. The molecule has 0 aromatic heterocycles. The molecule has 0 atom stereocenters. The molecule has 1 fully saturated rings. The van der Waals surface area contributed by atoms with E-state index in [1.807, 2.05) is 24.3 Å². The smallest absolute Gasteiger partial charge is 0.171 e. The summed E-state index contributed by atoms with van der Waals surface area (Å²) in [5.74, 6) is 0.839. The molecule has 0 radical (unpaired) electrons. The first-order valence-corrected chi connectivity index (χ1v) is 8.82. The maximum Gasteiger partial charge on any atom is 0.171 e. The van der Waals surface area contributed by atoms with Gasteiger partial charge < -0.3 is 15.4 Å². The summed E-state index contributed by atoms with van der Waals surface area (Å²) in [4.78, 5) is 0. The number of aryl methyl sites for hydroxylation is 1. The first-order chi connectivity index (χ1) is 11.6. The van der Waals surface area contributed by atoms with Gasteiger partial charge in [0.25, 0.3) is 0 Å². The van der Waals surface area contributed by atoms with Gasteiger partial charge in [0.1, 0.15) is 5.75 Å². The second-order valence-corrected chi connectivity index (χ2v) is 6.87. The maximum absolute atomic E-state index is 5.59. The Morgan fingerprint density at radius 3 is 2.42 bits per heavy atom. The number of hydrogen-bond donors (Lipinski definition) is 2. The quantitative estimate of drug-likeness (QED) is 0.786. The van der Waals surface area contributed by atoms with Crippen molar-refractivity contribution >= 4 is 23.0 Å². The van der Waals surface area contributed by atoms with E-state index in [-0.39, 0.29) is 5.54 Å². The molecule has 2 aromatic rings. The minimum atomic E-state index is -0.0530. The van der Waals surface area contributed by atoms with Crippen LogP contribution in [0.4, 0.5) is 5.69 Å². The molecule has 3 rings (SSSR count). The van der Waals surface area contributed by atoms with E-state index >= 15 is 0 Å². The van der Waals surface area contributed by atoms with Crippen molar-refractivity contribution in [1.82, 2.24) is 5.32 Å². The Hall–Kier alpha value is -2.07. The molecule has 24 heavy (non-hydrogen) atoms. The Morgan fingerprint density at radius 2 is 1.79 bits per heavy atom. The molecular weight excluding hydrogens is 316 g/mol. The van der Waals surface area contributed by atoms with Crippen molar-refractivity contribution in [1.29, 1.82) is 0 Å². The molecule has 0 spiro atoms. The van der Waals surface area contributed by atoms with Crippen molar-refractivity contribution in [2.24, 2.45) is 0 Å². The summed E-state index contributed by atoms with van der Waals surface area (Å²) in [6, 6.07) is 16.6. The lowest BCUT2D eigenvalue weighted by Crippen LogP contribution is -2.45. The van der Waals surface area contributed by atoms with Gasteiger partial charge in [0.05, 0.1) is 12.6 Å². The van der Waals surface area contributed by atoms with Crippen molar-refractivity contribution < 1.29 is 4.74 Å². The van der Waals surface area contributed by atoms with Crippen LogP contribution >= 0.6 is 12.2 Å². The predicted octanol–water partition coefficient (Wildman–Crippen LogP) is 4.76. The van der Waals surface area contributed by atoms with Gasteiger partial charge in [-0.3, -0.25) is 0 Å². The van der Waals surface area contributed by atoms with E-state index in [9.17, 15) is 0 Å². The topological polar surface area (TPSA) is 33.3 Å². The highest BCUT2D eigenvalue weighted by Gasteiger charge is 2.36. The maximum atomic E-state index is 5.59. The van der Waals surface area contributed by atoms with Gasteiger partial charge in [-0.25, -0.2) is 0 Å².